The summed E-state index contributed by atoms with van der Waals surface area (Å²) in [6.07, 6.45) is 2.27. The minimum Gasteiger partial charge on any atom is -0.362 e. The SMILES string of the molecule is CC.CC1(C)CC(c2ccccc2)Nc2c(S(=O)(=O)C(C)(C)c3ccc(Cl)cc3)cnn21. The molecule has 4 rings (SSSR count). The predicted molar refractivity (Wildman–Crippen MR) is 132 cm³/mol. The molecule has 1 aliphatic heterocycles. The van der Waals surface area contributed by atoms with Gasteiger partial charge >= 0.3 is 0 Å². The highest BCUT2D eigenvalue weighted by Crippen LogP contribution is 2.44. The van der Waals surface area contributed by atoms with E-state index in [0.29, 0.717) is 16.4 Å². The Morgan fingerprint density at radius 2 is 1.66 bits per heavy atom. The fraction of sp³-hybridized carbons (Fsp3) is 0.400. The molecule has 7 heteroatoms. The van der Waals surface area contributed by atoms with E-state index in [1.807, 2.05) is 32.0 Å². The number of sulfone groups is 1. The van der Waals surface area contributed by atoms with Crippen molar-refractivity contribution < 1.29 is 8.42 Å². The third kappa shape index (κ3) is 4.18. The average molecular weight is 474 g/mol. The van der Waals surface area contributed by atoms with Crippen molar-refractivity contribution in [2.45, 2.75) is 69.2 Å². The highest BCUT2D eigenvalue weighted by atomic mass is 35.5. The molecular weight excluding hydrogens is 442 g/mol. The van der Waals surface area contributed by atoms with Crippen LogP contribution in [-0.4, -0.2) is 18.2 Å². The summed E-state index contributed by atoms with van der Waals surface area (Å²) in [6.45, 7) is 11.6. The Labute approximate surface area is 196 Å². The van der Waals surface area contributed by atoms with Crippen LogP contribution in [0.1, 0.15) is 65.1 Å². The minimum atomic E-state index is -3.75. The van der Waals surface area contributed by atoms with Crippen LogP contribution in [-0.2, 0) is 20.1 Å². The molecule has 0 fully saturated rings. The van der Waals surface area contributed by atoms with Gasteiger partial charge in [-0.3, -0.25) is 0 Å². The highest BCUT2D eigenvalue weighted by molar-refractivity contribution is 7.92. The summed E-state index contributed by atoms with van der Waals surface area (Å²) in [5.74, 6) is 0.544. The molecule has 32 heavy (non-hydrogen) atoms. The fourth-order valence-electron chi connectivity index (χ4n) is 4.09. The first-order valence-corrected chi connectivity index (χ1v) is 12.8. The number of benzene rings is 2. The van der Waals surface area contributed by atoms with Crippen LogP contribution in [0.25, 0.3) is 0 Å². The lowest BCUT2D eigenvalue weighted by Gasteiger charge is -2.38. The van der Waals surface area contributed by atoms with Crippen molar-refractivity contribution in [1.82, 2.24) is 9.78 Å². The van der Waals surface area contributed by atoms with E-state index in [4.69, 9.17) is 11.6 Å². The lowest BCUT2D eigenvalue weighted by Crippen LogP contribution is -2.38. The molecule has 0 radical (unpaired) electrons. The van der Waals surface area contributed by atoms with E-state index < -0.39 is 14.6 Å². The third-order valence-electron chi connectivity index (χ3n) is 6.03. The summed E-state index contributed by atoms with van der Waals surface area (Å²) >= 11 is 6.00. The van der Waals surface area contributed by atoms with Gasteiger partial charge in [0.15, 0.2) is 9.84 Å². The van der Waals surface area contributed by atoms with E-state index in [9.17, 15) is 8.42 Å². The Balaban J connectivity index is 0.00000141. The molecule has 0 aliphatic carbocycles. The van der Waals surface area contributed by atoms with Crippen LogP contribution in [0.3, 0.4) is 0 Å². The first kappa shape index (κ1) is 24.3. The second-order valence-electron chi connectivity index (χ2n) is 8.91. The molecule has 2 heterocycles. The van der Waals surface area contributed by atoms with Crippen molar-refractivity contribution in [3.63, 3.8) is 0 Å². The van der Waals surface area contributed by atoms with E-state index in [0.717, 1.165) is 12.0 Å². The molecule has 0 saturated carbocycles. The van der Waals surface area contributed by atoms with Crippen LogP contribution < -0.4 is 5.32 Å². The summed E-state index contributed by atoms with van der Waals surface area (Å²) in [4.78, 5) is 0.219. The number of nitrogens with zero attached hydrogens (tertiary/aromatic N) is 2. The highest BCUT2D eigenvalue weighted by Gasteiger charge is 2.44. The summed E-state index contributed by atoms with van der Waals surface area (Å²) in [5.41, 5.74) is 1.47. The molecule has 1 atom stereocenters. The van der Waals surface area contributed by atoms with E-state index in [-0.39, 0.29) is 16.5 Å². The van der Waals surface area contributed by atoms with Crippen LogP contribution in [0.4, 0.5) is 5.82 Å². The maximum absolute atomic E-state index is 13.8. The van der Waals surface area contributed by atoms with Gasteiger partial charge in [0.2, 0.25) is 0 Å². The normalized spacial score (nSPS) is 17.5. The Kier molecular flexibility index (Phi) is 6.78. The average Bonchev–Trinajstić information content (AvgIpc) is 3.21. The molecule has 172 valence electrons. The fourth-order valence-corrected chi connectivity index (χ4v) is 5.80. The van der Waals surface area contributed by atoms with Gasteiger partial charge in [0.25, 0.3) is 0 Å². The number of fused-ring (bicyclic) bond motifs is 1. The lowest BCUT2D eigenvalue weighted by molar-refractivity contribution is 0.263. The zero-order valence-corrected chi connectivity index (χ0v) is 21.1. The molecule has 1 unspecified atom stereocenters. The van der Waals surface area contributed by atoms with Crippen molar-refractivity contribution >= 4 is 27.3 Å². The summed E-state index contributed by atoms with van der Waals surface area (Å²) in [6, 6.07) is 17.1. The number of halogens is 1. The van der Waals surface area contributed by atoms with E-state index in [1.54, 1.807) is 42.8 Å². The van der Waals surface area contributed by atoms with Crippen LogP contribution in [0.2, 0.25) is 5.02 Å². The molecule has 2 aromatic carbocycles. The monoisotopic (exact) mass is 473 g/mol. The number of aromatic nitrogens is 2. The maximum atomic E-state index is 13.8. The van der Waals surface area contributed by atoms with Gasteiger partial charge in [-0.05, 0) is 57.4 Å². The molecule has 5 nitrogen and oxygen atoms in total. The Hall–Kier alpha value is -2.31. The Bertz CT molecular complexity index is 1170. The van der Waals surface area contributed by atoms with Gasteiger partial charge in [0.1, 0.15) is 10.7 Å². The van der Waals surface area contributed by atoms with Gasteiger partial charge in [0.05, 0.1) is 22.5 Å². The summed E-state index contributed by atoms with van der Waals surface area (Å²) < 4.78 is 28.3. The standard InChI is InChI=1S/C23H26ClN3O2S.C2H6/c1-22(2)14-19(16-8-6-5-7-9-16)26-21-20(15-25-27(21)22)30(28,29)23(3,4)17-10-12-18(24)13-11-17;1-2/h5-13,15,19,26H,14H2,1-4H3;1-2H3. The maximum Gasteiger partial charge on any atom is 0.192 e. The zero-order valence-electron chi connectivity index (χ0n) is 19.6. The van der Waals surface area contributed by atoms with E-state index >= 15 is 0 Å². The number of hydrogen-bond acceptors (Lipinski definition) is 4. The molecule has 1 N–H and O–H groups in total. The second kappa shape index (κ2) is 8.91. The van der Waals surface area contributed by atoms with Gasteiger partial charge in [-0.2, -0.15) is 5.10 Å². The second-order valence-corrected chi connectivity index (χ2v) is 11.8. The minimum absolute atomic E-state index is 0.00186. The van der Waals surface area contributed by atoms with Crippen molar-refractivity contribution in [2.75, 3.05) is 5.32 Å². The molecule has 0 saturated heterocycles. The molecule has 1 aliphatic rings. The van der Waals surface area contributed by atoms with Gasteiger partial charge < -0.3 is 5.32 Å². The van der Waals surface area contributed by atoms with Crippen LogP contribution in [0, 0.1) is 0 Å². The number of rotatable bonds is 4. The predicted octanol–water partition coefficient (Wildman–Crippen LogP) is 6.56. The topological polar surface area (TPSA) is 64.0 Å². The van der Waals surface area contributed by atoms with Gasteiger partial charge in [0, 0.05) is 5.02 Å². The molecule has 0 amide bonds. The molecule has 0 bridgehead atoms. The smallest absolute Gasteiger partial charge is 0.192 e. The summed E-state index contributed by atoms with van der Waals surface area (Å²) in [7, 11) is -3.75. The molecular formula is C25H32ClN3O2S. The Morgan fingerprint density at radius 1 is 1.06 bits per heavy atom. The van der Waals surface area contributed by atoms with Gasteiger partial charge in [-0.25, -0.2) is 13.1 Å². The zero-order chi connectivity index (χ0) is 23.7. The van der Waals surface area contributed by atoms with Crippen molar-refractivity contribution in [1.29, 1.82) is 0 Å². The van der Waals surface area contributed by atoms with Crippen LogP contribution >= 0.6 is 11.6 Å². The number of hydrogen-bond donors (Lipinski definition) is 1. The molecule has 1 aromatic heterocycles. The number of anilines is 1. The van der Waals surface area contributed by atoms with Crippen molar-refractivity contribution in [2.24, 2.45) is 0 Å². The largest absolute Gasteiger partial charge is 0.362 e. The molecule has 3 aromatic rings. The lowest BCUT2D eigenvalue weighted by atomic mass is 9.89. The van der Waals surface area contributed by atoms with Crippen molar-refractivity contribution in [3.8, 4) is 0 Å². The first-order chi connectivity index (χ1) is 15.0. The quantitative estimate of drug-likeness (QED) is 0.465. The van der Waals surface area contributed by atoms with E-state index in [2.05, 4.69) is 36.4 Å². The van der Waals surface area contributed by atoms with Crippen LogP contribution in [0.5, 0.6) is 0 Å². The van der Waals surface area contributed by atoms with Gasteiger partial charge in [-0.1, -0.05) is 67.9 Å². The third-order valence-corrected chi connectivity index (χ3v) is 8.74. The van der Waals surface area contributed by atoms with E-state index in [1.165, 1.54) is 6.20 Å². The van der Waals surface area contributed by atoms with Gasteiger partial charge in [-0.15, -0.1) is 0 Å². The Morgan fingerprint density at radius 3 is 2.25 bits per heavy atom. The molecule has 0 spiro atoms. The number of nitrogens with one attached hydrogen (secondary N) is 1. The summed E-state index contributed by atoms with van der Waals surface area (Å²) in [5, 5.41) is 8.51. The van der Waals surface area contributed by atoms with Crippen LogP contribution in [0.15, 0.2) is 65.7 Å². The van der Waals surface area contributed by atoms with Crippen molar-refractivity contribution in [3.05, 3.63) is 76.9 Å². The first-order valence-electron chi connectivity index (χ1n) is 10.9.